The van der Waals surface area contributed by atoms with Crippen molar-refractivity contribution in [2.24, 2.45) is 0 Å². The largest absolute Gasteiger partial charge is 0.458 e. The number of ether oxygens (including phenoxy) is 1. The summed E-state index contributed by atoms with van der Waals surface area (Å²) in [5, 5.41) is 1.81. The van der Waals surface area contributed by atoms with Gasteiger partial charge in [0.2, 0.25) is 0 Å². The van der Waals surface area contributed by atoms with Crippen molar-refractivity contribution in [3.8, 4) is 0 Å². The Labute approximate surface area is 166 Å². The lowest BCUT2D eigenvalue weighted by molar-refractivity contribution is -0.145. The van der Waals surface area contributed by atoms with Crippen LogP contribution in [0.1, 0.15) is 18.7 Å². The first-order chi connectivity index (χ1) is 13.2. The minimum Gasteiger partial charge on any atom is -0.458 e. The monoisotopic (exact) mass is 417 g/mol. The number of nitrogens with one attached hydrogen (secondary N) is 1. The van der Waals surface area contributed by atoms with Crippen LogP contribution in [0.25, 0.3) is 20.4 Å². The van der Waals surface area contributed by atoms with Crippen molar-refractivity contribution in [3.05, 3.63) is 51.9 Å². The van der Waals surface area contributed by atoms with Gasteiger partial charge in [-0.05, 0) is 30.0 Å². The summed E-state index contributed by atoms with van der Waals surface area (Å²) in [6.45, 7) is -0.0229. The van der Waals surface area contributed by atoms with Crippen molar-refractivity contribution in [3.63, 3.8) is 0 Å². The number of nitrogens with zero attached hydrogens (tertiary/aromatic N) is 2. The summed E-state index contributed by atoms with van der Waals surface area (Å²) in [6.07, 6.45) is 1.02. The van der Waals surface area contributed by atoms with Gasteiger partial charge in [-0.25, -0.2) is 9.97 Å². The molecule has 4 aromatic rings. The van der Waals surface area contributed by atoms with E-state index in [1.165, 1.54) is 16.0 Å². The molecule has 1 N–H and O–H groups in total. The van der Waals surface area contributed by atoms with Gasteiger partial charge in [-0.3, -0.25) is 9.59 Å². The molecular formula is C18H15N3O3S3. The summed E-state index contributed by atoms with van der Waals surface area (Å²) in [5.74, 6) is 0.862. The summed E-state index contributed by atoms with van der Waals surface area (Å²) in [6, 6.07) is 9.81. The number of H-pyrrole nitrogens is 1. The van der Waals surface area contributed by atoms with E-state index < -0.39 is 0 Å². The average molecular weight is 418 g/mol. The van der Waals surface area contributed by atoms with Gasteiger partial charge in [0.05, 0.1) is 15.7 Å². The number of hydrogen-bond donors (Lipinski definition) is 1. The van der Waals surface area contributed by atoms with Crippen LogP contribution in [0.15, 0.2) is 44.8 Å². The van der Waals surface area contributed by atoms with Crippen molar-refractivity contribution in [2.45, 2.75) is 23.8 Å². The minimum absolute atomic E-state index is 0.0229. The van der Waals surface area contributed by atoms with Gasteiger partial charge in [0.1, 0.15) is 17.1 Å². The van der Waals surface area contributed by atoms with Crippen molar-refractivity contribution >= 4 is 60.8 Å². The zero-order valence-electron chi connectivity index (χ0n) is 14.1. The molecule has 9 heteroatoms. The molecule has 0 aliphatic carbocycles. The van der Waals surface area contributed by atoms with Crippen LogP contribution in [0.2, 0.25) is 0 Å². The number of esters is 1. The van der Waals surface area contributed by atoms with Crippen LogP contribution in [-0.4, -0.2) is 26.7 Å². The normalized spacial score (nSPS) is 11.3. The molecule has 0 atom stereocenters. The van der Waals surface area contributed by atoms with Crippen LogP contribution in [0, 0.1) is 0 Å². The van der Waals surface area contributed by atoms with Gasteiger partial charge >= 0.3 is 5.97 Å². The summed E-state index contributed by atoms with van der Waals surface area (Å²) in [5.41, 5.74) is 1.43. The molecule has 0 aliphatic heterocycles. The van der Waals surface area contributed by atoms with Gasteiger partial charge < -0.3 is 9.72 Å². The minimum atomic E-state index is -0.298. The Morgan fingerprint density at radius 1 is 1.19 bits per heavy atom. The Balaban J connectivity index is 1.22. The molecule has 0 fully saturated rings. The van der Waals surface area contributed by atoms with Crippen LogP contribution in [0.4, 0.5) is 0 Å². The highest BCUT2D eigenvalue weighted by Crippen LogP contribution is 2.29. The third-order valence-corrected chi connectivity index (χ3v) is 6.93. The lowest BCUT2D eigenvalue weighted by Gasteiger charge is -2.04. The Kier molecular flexibility index (Phi) is 5.51. The zero-order valence-corrected chi connectivity index (χ0v) is 16.6. The number of rotatable bonds is 7. The molecule has 0 aliphatic rings. The number of para-hydroxylation sites is 1. The van der Waals surface area contributed by atoms with Crippen molar-refractivity contribution in [1.82, 2.24) is 15.0 Å². The molecule has 27 heavy (non-hydrogen) atoms. The van der Waals surface area contributed by atoms with Gasteiger partial charge in [0.25, 0.3) is 5.56 Å². The third-order valence-electron chi connectivity index (χ3n) is 3.76. The van der Waals surface area contributed by atoms with E-state index >= 15 is 0 Å². The molecule has 0 amide bonds. The van der Waals surface area contributed by atoms with Gasteiger partial charge in [-0.15, -0.1) is 22.7 Å². The number of aromatic amines is 1. The van der Waals surface area contributed by atoms with E-state index in [1.807, 2.05) is 23.6 Å². The lowest BCUT2D eigenvalue weighted by Crippen LogP contribution is -2.13. The standard InChI is InChI=1S/C18H15N3O3S3/c22-15(24-10-14-19-12-7-9-25-16(12)17(23)21-14)6-3-8-26-18-20-11-4-1-2-5-13(11)27-18/h1-2,4-5,7,9H,3,6,8,10H2,(H,19,21,23). The van der Waals surface area contributed by atoms with Gasteiger partial charge in [0.15, 0.2) is 4.34 Å². The zero-order chi connectivity index (χ0) is 18.6. The second kappa shape index (κ2) is 8.20. The average Bonchev–Trinajstić information content (AvgIpc) is 3.30. The number of thiazole rings is 1. The van der Waals surface area contributed by atoms with E-state index in [0.717, 1.165) is 15.6 Å². The number of hydrogen-bond acceptors (Lipinski definition) is 8. The second-order valence-electron chi connectivity index (χ2n) is 5.71. The first kappa shape index (κ1) is 18.1. The highest BCUT2D eigenvalue weighted by Gasteiger charge is 2.09. The number of carbonyl (C=O) groups excluding carboxylic acids is 1. The van der Waals surface area contributed by atoms with E-state index in [9.17, 15) is 9.59 Å². The fourth-order valence-electron chi connectivity index (χ4n) is 2.50. The second-order valence-corrected chi connectivity index (χ2v) is 9.00. The molecule has 0 radical (unpaired) electrons. The molecular weight excluding hydrogens is 402 g/mol. The molecule has 3 heterocycles. The third kappa shape index (κ3) is 4.37. The maximum absolute atomic E-state index is 11.9. The van der Waals surface area contributed by atoms with Crippen molar-refractivity contribution in [2.75, 3.05) is 5.75 Å². The smallest absolute Gasteiger partial charge is 0.306 e. The SMILES string of the molecule is O=C(CCCSc1nc2ccccc2s1)OCc1nc2ccsc2c(=O)[nH]1. The highest BCUT2D eigenvalue weighted by atomic mass is 32.2. The van der Waals surface area contributed by atoms with E-state index in [-0.39, 0.29) is 18.1 Å². The Morgan fingerprint density at radius 3 is 2.96 bits per heavy atom. The summed E-state index contributed by atoms with van der Waals surface area (Å²) in [7, 11) is 0. The van der Waals surface area contributed by atoms with Gasteiger partial charge in [-0.1, -0.05) is 23.9 Å². The van der Waals surface area contributed by atoms with E-state index in [4.69, 9.17) is 4.74 Å². The Morgan fingerprint density at radius 2 is 2.07 bits per heavy atom. The highest BCUT2D eigenvalue weighted by molar-refractivity contribution is 8.01. The topological polar surface area (TPSA) is 84.9 Å². The molecule has 0 saturated carbocycles. The maximum Gasteiger partial charge on any atom is 0.306 e. The van der Waals surface area contributed by atoms with E-state index in [2.05, 4.69) is 21.0 Å². The van der Waals surface area contributed by atoms with Crippen molar-refractivity contribution in [1.29, 1.82) is 0 Å². The van der Waals surface area contributed by atoms with Crippen molar-refractivity contribution < 1.29 is 9.53 Å². The number of benzene rings is 1. The summed E-state index contributed by atoms with van der Waals surface area (Å²) in [4.78, 5) is 35.3. The fourth-order valence-corrected chi connectivity index (χ4v) is 5.30. The molecule has 4 rings (SSSR count). The van der Waals surface area contributed by atoms with Crippen LogP contribution in [-0.2, 0) is 16.1 Å². The lowest BCUT2D eigenvalue weighted by atomic mass is 10.3. The predicted molar refractivity (Wildman–Crippen MR) is 110 cm³/mol. The maximum atomic E-state index is 11.9. The molecule has 138 valence electrons. The first-order valence-corrected chi connectivity index (χ1v) is 11.0. The van der Waals surface area contributed by atoms with Crippen LogP contribution < -0.4 is 5.56 Å². The van der Waals surface area contributed by atoms with Gasteiger partial charge in [-0.2, -0.15) is 0 Å². The van der Waals surface area contributed by atoms with Crippen LogP contribution in [0.5, 0.6) is 0 Å². The number of fused-ring (bicyclic) bond motifs is 2. The fraction of sp³-hybridized carbons (Fsp3) is 0.222. The molecule has 3 aromatic heterocycles. The summed E-state index contributed by atoms with van der Waals surface area (Å²) >= 11 is 4.65. The van der Waals surface area contributed by atoms with Crippen LogP contribution in [0.3, 0.4) is 0 Å². The summed E-state index contributed by atoms with van der Waals surface area (Å²) < 4.78 is 7.98. The molecule has 0 unspecified atom stereocenters. The molecule has 0 bridgehead atoms. The Hall–Kier alpha value is -2.23. The Bertz CT molecular complexity index is 1120. The number of thioether (sulfide) groups is 1. The number of carbonyl (C=O) groups is 1. The molecule has 1 aromatic carbocycles. The first-order valence-electron chi connectivity index (χ1n) is 8.29. The number of thiophene rings is 1. The quantitative estimate of drug-likeness (QED) is 0.275. The predicted octanol–water partition coefficient (Wildman–Crippen LogP) is 4.21. The molecule has 0 saturated heterocycles. The van der Waals surface area contributed by atoms with Crippen LogP contribution >= 0.6 is 34.4 Å². The number of aromatic nitrogens is 3. The molecule has 6 nitrogen and oxygen atoms in total. The molecule has 0 spiro atoms. The van der Waals surface area contributed by atoms with Gasteiger partial charge in [0, 0.05) is 12.2 Å². The van der Waals surface area contributed by atoms with E-state index in [1.54, 1.807) is 29.2 Å². The van der Waals surface area contributed by atoms with E-state index in [0.29, 0.717) is 28.9 Å².